The van der Waals surface area contributed by atoms with E-state index >= 15 is 0 Å². The molecule has 3 rings (SSSR count). The third kappa shape index (κ3) is 4.17. The minimum absolute atomic E-state index is 0.0194. The van der Waals surface area contributed by atoms with Gasteiger partial charge < -0.3 is 20.4 Å². The molecule has 26 heavy (non-hydrogen) atoms. The molecular weight excluding hydrogens is 326 g/mol. The van der Waals surface area contributed by atoms with Crippen LogP contribution in [0.5, 0.6) is 5.75 Å². The second-order valence-electron chi connectivity index (χ2n) is 6.24. The highest BCUT2D eigenvalue weighted by atomic mass is 16.5. The van der Waals surface area contributed by atoms with Crippen LogP contribution in [-0.2, 0) is 6.42 Å². The minimum atomic E-state index is -0.146. The Hall–Kier alpha value is -2.95. The molecule has 3 N–H and O–H groups in total. The summed E-state index contributed by atoms with van der Waals surface area (Å²) in [5, 5.41) is 7.20. The molecule has 136 valence electrons. The monoisotopic (exact) mass is 351 g/mol. The van der Waals surface area contributed by atoms with Crippen LogP contribution in [0, 0.1) is 0 Å². The number of fused-ring (bicyclic) bond motifs is 1. The van der Waals surface area contributed by atoms with E-state index in [-0.39, 0.29) is 12.1 Å². The molecule has 5 nitrogen and oxygen atoms in total. The number of benzene rings is 2. The highest BCUT2D eigenvalue weighted by Gasteiger charge is 2.12. The molecular formula is C21H25N3O2. The summed E-state index contributed by atoms with van der Waals surface area (Å²) >= 11 is 0. The molecule has 0 fully saturated rings. The van der Waals surface area contributed by atoms with Gasteiger partial charge in [0.1, 0.15) is 5.75 Å². The summed E-state index contributed by atoms with van der Waals surface area (Å²) in [6.45, 7) is 2.65. The number of para-hydroxylation sites is 1. The predicted molar refractivity (Wildman–Crippen MR) is 105 cm³/mol. The molecule has 0 spiro atoms. The molecule has 0 bridgehead atoms. The molecule has 0 aliphatic heterocycles. The largest absolute Gasteiger partial charge is 0.497 e. The van der Waals surface area contributed by atoms with Gasteiger partial charge in [-0.15, -0.1) is 0 Å². The number of ether oxygens (including phenoxy) is 1. The Balaban J connectivity index is 1.52. The van der Waals surface area contributed by atoms with Gasteiger partial charge in [-0.05, 0) is 42.2 Å². The Morgan fingerprint density at radius 1 is 1.15 bits per heavy atom. The van der Waals surface area contributed by atoms with Gasteiger partial charge in [-0.1, -0.05) is 37.3 Å². The Morgan fingerprint density at radius 2 is 1.92 bits per heavy atom. The number of urea groups is 1. The van der Waals surface area contributed by atoms with Crippen molar-refractivity contribution in [2.45, 2.75) is 25.8 Å². The Bertz CT molecular complexity index is 855. The zero-order valence-corrected chi connectivity index (χ0v) is 15.2. The highest BCUT2D eigenvalue weighted by Crippen LogP contribution is 2.20. The molecule has 5 heteroatoms. The SMILES string of the molecule is CCC(NC(=O)NCCc1c[nH]c2ccccc12)c1ccc(OC)cc1. The van der Waals surface area contributed by atoms with E-state index in [2.05, 4.69) is 34.7 Å². The Kier molecular flexibility index (Phi) is 5.79. The first-order valence-electron chi connectivity index (χ1n) is 8.94. The van der Waals surface area contributed by atoms with Gasteiger partial charge in [0, 0.05) is 23.6 Å². The summed E-state index contributed by atoms with van der Waals surface area (Å²) in [6, 6.07) is 15.8. The fourth-order valence-electron chi connectivity index (χ4n) is 3.12. The molecule has 0 radical (unpaired) electrons. The summed E-state index contributed by atoms with van der Waals surface area (Å²) < 4.78 is 5.18. The molecule has 3 aromatic rings. The van der Waals surface area contributed by atoms with Gasteiger partial charge >= 0.3 is 6.03 Å². The van der Waals surface area contributed by atoms with Crippen LogP contribution in [0.2, 0.25) is 0 Å². The average molecular weight is 351 g/mol. The first-order chi connectivity index (χ1) is 12.7. The van der Waals surface area contributed by atoms with Crippen LogP contribution in [0.4, 0.5) is 4.79 Å². The third-order valence-corrected chi connectivity index (χ3v) is 4.59. The standard InChI is InChI=1S/C21H25N3O2/c1-3-19(15-8-10-17(26-2)11-9-15)24-21(25)22-13-12-16-14-23-20-7-5-4-6-18(16)20/h4-11,14,19,23H,3,12-13H2,1-2H3,(H2,22,24,25). The molecule has 0 aliphatic rings. The van der Waals surface area contributed by atoms with Crippen molar-refractivity contribution >= 4 is 16.9 Å². The van der Waals surface area contributed by atoms with Crippen LogP contribution in [-0.4, -0.2) is 24.7 Å². The number of rotatable bonds is 7. The van der Waals surface area contributed by atoms with E-state index in [1.807, 2.05) is 42.6 Å². The number of carbonyl (C=O) groups excluding carboxylic acids is 1. The second kappa shape index (κ2) is 8.43. The zero-order valence-electron chi connectivity index (χ0n) is 15.2. The number of aromatic amines is 1. The van der Waals surface area contributed by atoms with Crippen molar-refractivity contribution in [1.82, 2.24) is 15.6 Å². The fourth-order valence-corrected chi connectivity index (χ4v) is 3.12. The van der Waals surface area contributed by atoms with Crippen molar-refractivity contribution in [3.05, 3.63) is 65.9 Å². The van der Waals surface area contributed by atoms with Gasteiger partial charge in [-0.25, -0.2) is 4.79 Å². The van der Waals surface area contributed by atoms with Crippen LogP contribution in [0.25, 0.3) is 10.9 Å². The van der Waals surface area contributed by atoms with Gasteiger partial charge in [0.25, 0.3) is 0 Å². The van der Waals surface area contributed by atoms with Crippen molar-refractivity contribution < 1.29 is 9.53 Å². The van der Waals surface area contributed by atoms with Crippen molar-refractivity contribution in [3.8, 4) is 5.75 Å². The van der Waals surface area contributed by atoms with E-state index in [1.54, 1.807) is 7.11 Å². The third-order valence-electron chi connectivity index (χ3n) is 4.59. The molecule has 1 unspecified atom stereocenters. The normalized spacial score (nSPS) is 11.9. The summed E-state index contributed by atoms with van der Waals surface area (Å²) in [4.78, 5) is 15.5. The van der Waals surface area contributed by atoms with E-state index in [1.165, 1.54) is 10.9 Å². The summed E-state index contributed by atoms with van der Waals surface area (Å²) in [5.74, 6) is 0.812. The number of amides is 2. The molecule has 1 atom stereocenters. The lowest BCUT2D eigenvalue weighted by Crippen LogP contribution is -2.38. The van der Waals surface area contributed by atoms with Crippen LogP contribution in [0.1, 0.15) is 30.5 Å². The zero-order chi connectivity index (χ0) is 18.4. The van der Waals surface area contributed by atoms with Gasteiger partial charge in [-0.3, -0.25) is 0 Å². The predicted octanol–water partition coefficient (Wildman–Crippen LogP) is 4.17. The molecule has 0 aliphatic carbocycles. The fraction of sp³-hybridized carbons (Fsp3) is 0.286. The highest BCUT2D eigenvalue weighted by molar-refractivity contribution is 5.83. The van der Waals surface area contributed by atoms with Crippen LogP contribution in [0.15, 0.2) is 54.7 Å². The number of aromatic nitrogens is 1. The number of nitrogens with one attached hydrogen (secondary N) is 3. The topological polar surface area (TPSA) is 66.2 Å². The van der Waals surface area contributed by atoms with Crippen molar-refractivity contribution in [3.63, 3.8) is 0 Å². The average Bonchev–Trinajstić information content (AvgIpc) is 3.09. The molecule has 2 aromatic carbocycles. The van der Waals surface area contributed by atoms with Crippen molar-refractivity contribution in [2.75, 3.05) is 13.7 Å². The molecule has 0 saturated heterocycles. The number of H-pyrrole nitrogens is 1. The number of methoxy groups -OCH3 is 1. The summed E-state index contributed by atoms with van der Waals surface area (Å²) in [7, 11) is 1.64. The molecule has 2 amide bonds. The minimum Gasteiger partial charge on any atom is -0.497 e. The van der Waals surface area contributed by atoms with E-state index < -0.39 is 0 Å². The first kappa shape index (κ1) is 17.9. The lowest BCUT2D eigenvalue weighted by Gasteiger charge is -2.18. The number of hydrogen-bond donors (Lipinski definition) is 3. The van der Waals surface area contributed by atoms with Crippen molar-refractivity contribution in [1.29, 1.82) is 0 Å². The van der Waals surface area contributed by atoms with Crippen molar-refractivity contribution in [2.24, 2.45) is 0 Å². The summed E-state index contributed by atoms with van der Waals surface area (Å²) in [6.07, 6.45) is 3.62. The second-order valence-corrected chi connectivity index (χ2v) is 6.24. The first-order valence-corrected chi connectivity index (χ1v) is 8.94. The van der Waals surface area contributed by atoms with E-state index in [4.69, 9.17) is 4.74 Å². The number of hydrogen-bond acceptors (Lipinski definition) is 2. The Labute approximate surface area is 153 Å². The maximum atomic E-state index is 12.2. The quantitative estimate of drug-likeness (QED) is 0.598. The van der Waals surface area contributed by atoms with Crippen LogP contribution < -0.4 is 15.4 Å². The number of carbonyl (C=O) groups is 1. The Morgan fingerprint density at radius 3 is 2.65 bits per heavy atom. The van der Waals surface area contributed by atoms with Gasteiger partial charge in [0.15, 0.2) is 0 Å². The van der Waals surface area contributed by atoms with Gasteiger partial charge in [-0.2, -0.15) is 0 Å². The smallest absolute Gasteiger partial charge is 0.315 e. The van der Waals surface area contributed by atoms with Gasteiger partial charge in [0.2, 0.25) is 0 Å². The maximum absolute atomic E-state index is 12.2. The van der Waals surface area contributed by atoms with E-state index in [9.17, 15) is 4.79 Å². The van der Waals surface area contributed by atoms with E-state index in [0.717, 1.165) is 29.7 Å². The molecule has 1 heterocycles. The maximum Gasteiger partial charge on any atom is 0.315 e. The van der Waals surface area contributed by atoms with Crippen LogP contribution in [0.3, 0.4) is 0 Å². The summed E-state index contributed by atoms with van der Waals surface area (Å²) in [5.41, 5.74) is 3.40. The van der Waals surface area contributed by atoms with E-state index in [0.29, 0.717) is 6.54 Å². The van der Waals surface area contributed by atoms with Crippen LogP contribution >= 0.6 is 0 Å². The lowest BCUT2D eigenvalue weighted by atomic mass is 10.0. The molecule has 1 aromatic heterocycles. The van der Waals surface area contributed by atoms with Gasteiger partial charge in [0.05, 0.1) is 13.2 Å². The lowest BCUT2D eigenvalue weighted by molar-refractivity contribution is 0.237. The molecule has 0 saturated carbocycles.